The van der Waals surface area contributed by atoms with Crippen LogP contribution < -0.4 is 4.74 Å². The number of benzene rings is 3. The zero-order chi connectivity index (χ0) is 21.8. The fourth-order valence-corrected chi connectivity index (χ4v) is 3.74. The Bertz CT molecular complexity index is 1130. The number of carboxylic acid groups (broad SMARTS) is 1. The number of carboxylic acids is 1. The van der Waals surface area contributed by atoms with E-state index < -0.39 is 5.97 Å². The van der Waals surface area contributed by atoms with Gasteiger partial charge in [-0.15, -0.1) is 0 Å². The lowest BCUT2D eigenvalue weighted by Gasteiger charge is -2.35. The molecule has 158 valence electrons. The third kappa shape index (κ3) is 4.35. The van der Waals surface area contributed by atoms with Crippen molar-refractivity contribution in [3.8, 4) is 5.75 Å². The lowest BCUT2D eigenvalue weighted by Crippen LogP contribution is -2.51. The Balaban J connectivity index is 1.35. The van der Waals surface area contributed by atoms with Gasteiger partial charge in [0, 0.05) is 31.6 Å². The number of rotatable bonds is 5. The number of fused-ring (bicyclic) bond motifs is 1. The number of hydrogen-bond donors (Lipinski definition) is 1. The van der Waals surface area contributed by atoms with Crippen molar-refractivity contribution in [1.82, 2.24) is 9.80 Å². The summed E-state index contributed by atoms with van der Waals surface area (Å²) in [6.45, 7) is 1.35. The van der Waals surface area contributed by atoms with Crippen LogP contribution in [-0.4, -0.2) is 65.5 Å². The van der Waals surface area contributed by atoms with Gasteiger partial charge in [-0.25, -0.2) is 4.79 Å². The molecule has 1 aliphatic rings. The summed E-state index contributed by atoms with van der Waals surface area (Å²) in [5.74, 6) is -0.961. The Morgan fingerprint density at radius 2 is 1.39 bits per heavy atom. The Hall–Kier alpha value is -3.87. The normalized spacial score (nSPS) is 13.8. The molecule has 3 aromatic rings. The first-order valence-electron chi connectivity index (χ1n) is 10.0. The summed E-state index contributed by atoms with van der Waals surface area (Å²) in [5, 5.41) is 11.3. The predicted octanol–water partition coefficient (Wildman–Crippen LogP) is 2.90. The topological polar surface area (TPSA) is 87.2 Å². The molecule has 1 fully saturated rings. The maximum absolute atomic E-state index is 12.8. The highest BCUT2D eigenvalue weighted by Crippen LogP contribution is 2.25. The predicted molar refractivity (Wildman–Crippen MR) is 115 cm³/mol. The van der Waals surface area contributed by atoms with Gasteiger partial charge in [0.25, 0.3) is 11.8 Å². The fourth-order valence-electron chi connectivity index (χ4n) is 3.74. The second-order valence-electron chi connectivity index (χ2n) is 7.29. The van der Waals surface area contributed by atoms with Crippen molar-refractivity contribution >= 4 is 28.6 Å². The number of amides is 2. The molecule has 0 spiro atoms. The van der Waals surface area contributed by atoms with E-state index in [4.69, 9.17) is 4.74 Å². The number of hydrogen-bond acceptors (Lipinski definition) is 4. The lowest BCUT2D eigenvalue weighted by molar-refractivity contribution is -0.134. The van der Waals surface area contributed by atoms with Gasteiger partial charge in [-0.1, -0.05) is 48.5 Å². The zero-order valence-corrected chi connectivity index (χ0v) is 16.9. The van der Waals surface area contributed by atoms with Crippen molar-refractivity contribution in [3.63, 3.8) is 0 Å². The zero-order valence-electron chi connectivity index (χ0n) is 16.9. The molecule has 0 atom stereocenters. The van der Waals surface area contributed by atoms with E-state index in [9.17, 15) is 19.5 Å². The summed E-state index contributed by atoms with van der Waals surface area (Å²) in [6, 6.07) is 19.7. The third-order valence-electron chi connectivity index (χ3n) is 5.41. The molecule has 0 bridgehead atoms. The number of nitrogens with zero attached hydrogens (tertiary/aromatic N) is 2. The molecule has 0 aromatic heterocycles. The van der Waals surface area contributed by atoms with Gasteiger partial charge in [0.1, 0.15) is 5.75 Å². The summed E-state index contributed by atoms with van der Waals surface area (Å²) in [7, 11) is 0. The Morgan fingerprint density at radius 3 is 2.13 bits per heavy atom. The van der Waals surface area contributed by atoms with E-state index >= 15 is 0 Å². The van der Waals surface area contributed by atoms with Crippen LogP contribution in [0.5, 0.6) is 5.75 Å². The van der Waals surface area contributed by atoms with Gasteiger partial charge in [-0.2, -0.15) is 0 Å². The molecule has 0 saturated carbocycles. The molecule has 1 heterocycles. The lowest BCUT2D eigenvalue weighted by atomic mass is 10.1. The highest BCUT2D eigenvalue weighted by Gasteiger charge is 2.27. The van der Waals surface area contributed by atoms with Crippen LogP contribution in [0.2, 0.25) is 0 Å². The molecule has 0 aliphatic carbocycles. The monoisotopic (exact) mass is 418 g/mol. The van der Waals surface area contributed by atoms with E-state index in [1.165, 1.54) is 12.1 Å². The molecule has 4 rings (SSSR count). The highest BCUT2D eigenvalue weighted by atomic mass is 16.5. The maximum Gasteiger partial charge on any atom is 0.336 e. The van der Waals surface area contributed by atoms with Crippen LogP contribution in [0.15, 0.2) is 66.7 Å². The summed E-state index contributed by atoms with van der Waals surface area (Å²) in [6.07, 6.45) is 0. The summed E-state index contributed by atoms with van der Waals surface area (Å²) in [5.41, 5.74) is 0.142. The molecule has 0 radical (unpaired) electrons. The van der Waals surface area contributed by atoms with E-state index in [-0.39, 0.29) is 29.5 Å². The van der Waals surface area contributed by atoms with E-state index in [2.05, 4.69) is 0 Å². The second kappa shape index (κ2) is 8.87. The molecule has 3 aromatic carbocycles. The molecule has 1 saturated heterocycles. The summed E-state index contributed by atoms with van der Waals surface area (Å²) >= 11 is 0. The number of carbonyl (C=O) groups excluding carboxylic acids is 2. The molecule has 7 heteroatoms. The summed E-state index contributed by atoms with van der Waals surface area (Å²) < 4.78 is 5.78. The van der Waals surface area contributed by atoms with E-state index in [0.717, 1.165) is 10.8 Å². The van der Waals surface area contributed by atoms with Crippen molar-refractivity contribution < 1.29 is 24.2 Å². The molecule has 2 amide bonds. The van der Waals surface area contributed by atoms with Gasteiger partial charge in [0.2, 0.25) is 0 Å². The van der Waals surface area contributed by atoms with E-state index in [1.54, 1.807) is 21.9 Å². The van der Waals surface area contributed by atoms with Crippen molar-refractivity contribution in [2.75, 3.05) is 32.8 Å². The van der Waals surface area contributed by atoms with Crippen LogP contribution in [0.25, 0.3) is 10.8 Å². The van der Waals surface area contributed by atoms with E-state index in [0.29, 0.717) is 31.9 Å². The molecule has 7 nitrogen and oxygen atoms in total. The van der Waals surface area contributed by atoms with Gasteiger partial charge < -0.3 is 19.6 Å². The molecular weight excluding hydrogens is 396 g/mol. The highest BCUT2D eigenvalue weighted by molar-refractivity contribution is 6.04. The summed E-state index contributed by atoms with van der Waals surface area (Å²) in [4.78, 5) is 40.0. The Morgan fingerprint density at radius 1 is 0.774 bits per heavy atom. The SMILES string of the molecule is O=C(O)c1ccccc1C(=O)N1CCN(C(=O)COc2cccc3ccccc23)CC1. The maximum atomic E-state index is 12.8. The minimum atomic E-state index is -1.14. The van der Waals surface area contributed by atoms with Crippen LogP contribution >= 0.6 is 0 Å². The van der Waals surface area contributed by atoms with Crippen molar-refractivity contribution in [1.29, 1.82) is 0 Å². The van der Waals surface area contributed by atoms with Crippen LogP contribution in [0.3, 0.4) is 0 Å². The van der Waals surface area contributed by atoms with Gasteiger partial charge in [0.15, 0.2) is 6.61 Å². The first-order valence-corrected chi connectivity index (χ1v) is 10.0. The van der Waals surface area contributed by atoms with Crippen molar-refractivity contribution in [3.05, 3.63) is 77.9 Å². The number of ether oxygens (including phenoxy) is 1. The molecule has 31 heavy (non-hydrogen) atoms. The average Bonchev–Trinajstić information content (AvgIpc) is 2.82. The third-order valence-corrected chi connectivity index (χ3v) is 5.41. The van der Waals surface area contributed by atoms with Crippen LogP contribution in [0.1, 0.15) is 20.7 Å². The molecular formula is C24H22N2O5. The smallest absolute Gasteiger partial charge is 0.336 e. The fraction of sp³-hybridized carbons (Fsp3) is 0.208. The molecule has 0 unspecified atom stereocenters. The first-order chi connectivity index (χ1) is 15.0. The number of piperazine rings is 1. The standard InChI is InChI=1S/C24H22N2O5/c27-22(16-31-21-11-5-7-17-6-1-2-8-18(17)21)25-12-14-26(15-13-25)23(28)19-9-3-4-10-20(19)24(29)30/h1-11H,12-16H2,(H,29,30). The second-order valence-corrected chi connectivity index (χ2v) is 7.29. The van der Waals surface area contributed by atoms with Gasteiger partial charge in [0.05, 0.1) is 11.1 Å². The van der Waals surface area contributed by atoms with Crippen LogP contribution in [-0.2, 0) is 4.79 Å². The number of aromatic carboxylic acids is 1. The van der Waals surface area contributed by atoms with Gasteiger partial charge in [-0.3, -0.25) is 9.59 Å². The molecule has 1 aliphatic heterocycles. The Labute approximate surface area is 179 Å². The van der Waals surface area contributed by atoms with Crippen LogP contribution in [0, 0.1) is 0 Å². The largest absolute Gasteiger partial charge is 0.483 e. The number of carbonyl (C=O) groups is 3. The van der Waals surface area contributed by atoms with Crippen molar-refractivity contribution in [2.45, 2.75) is 0 Å². The quantitative estimate of drug-likeness (QED) is 0.689. The van der Waals surface area contributed by atoms with Gasteiger partial charge in [-0.05, 0) is 23.6 Å². The van der Waals surface area contributed by atoms with Crippen molar-refractivity contribution in [2.24, 2.45) is 0 Å². The average molecular weight is 418 g/mol. The van der Waals surface area contributed by atoms with Gasteiger partial charge >= 0.3 is 5.97 Å². The minimum Gasteiger partial charge on any atom is -0.483 e. The first kappa shape index (κ1) is 20.4. The molecule has 1 N–H and O–H groups in total. The van der Waals surface area contributed by atoms with Crippen LogP contribution in [0.4, 0.5) is 0 Å². The Kier molecular flexibility index (Phi) is 5.84. The van der Waals surface area contributed by atoms with E-state index in [1.807, 2.05) is 42.5 Å². The minimum absolute atomic E-state index is 0.0190.